The van der Waals surface area contributed by atoms with Crippen molar-refractivity contribution in [2.24, 2.45) is 40.4 Å². The summed E-state index contributed by atoms with van der Waals surface area (Å²) < 4.78 is 47.3. The summed E-state index contributed by atoms with van der Waals surface area (Å²) in [4.78, 5) is 12.5. The quantitative estimate of drug-likeness (QED) is 0.137. The lowest BCUT2D eigenvalue weighted by Gasteiger charge is -2.58. The molecule has 1 amide bonds. The molecule has 8 unspecified atom stereocenters. The summed E-state index contributed by atoms with van der Waals surface area (Å²) in [6.07, 6.45) is 16.6. The Balaban J connectivity index is 1.27. The zero-order chi connectivity index (χ0) is 29.0. The van der Waals surface area contributed by atoms with Crippen LogP contribution in [0.4, 0.5) is 0 Å². The number of rotatable bonds is 13. The standard InChI is InChI=1S/C31H49NO7S/c1-5-17-37-19-20-38-18-16-32-29(33)11-6-22(2)26-9-10-27-25-8-7-23-21-24(39-40(34,35)36)12-14-30(23,3)28(25)13-15-31(26,27)4/h1,7,22,24-28H,6,8-21H2,2-4H3,(H,32,33)(H,34,35,36). The Kier molecular flexibility index (Phi) is 10.4. The van der Waals surface area contributed by atoms with E-state index in [-0.39, 0.29) is 17.9 Å². The minimum absolute atomic E-state index is 0.0868. The van der Waals surface area contributed by atoms with E-state index < -0.39 is 16.5 Å². The van der Waals surface area contributed by atoms with Gasteiger partial charge in [-0.3, -0.25) is 9.35 Å². The van der Waals surface area contributed by atoms with E-state index in [1.807, 2.05) is 0 Å². The van der Waals surface area contributed by atoms with Crippen molar-refractivity contribution in [1.29, 1.82) is 0 Å². The van der Waals surface area contributed by atoms with Crippen molar-refractivity contribution in [3.05, 3.63) is 11.6 Å². The lowest BCUT2D eigenvalue weighted by atomic mass is 9.47. The van der Waals surface area contributed by atoms with E-state index in [1.165, 1.54) is 31.3 Å². The van der Waals surface area contributed by atoms with Gasteiger partial charge < -0.3 is 14.8 Å². The van der Waals surface area contributed by atoms with Gasteiger partial charge in [0.2, 0.25) is 5.91 Å². The van der Waals surface area contributed by atoms with E-state index in [2.05, 4.69) is 38.1 Å². The van der Waals surface area contributed by atoms with Gasteiger partial charge in [-0.25, -0.2) is 4.18 Å². The predicted molar refractivity (Wildman–Crippen MR) is 153 cm³/mol. The monoisotopic (exact) mass is 579 g/mol. The van der Waals surface area contributed by atoms with Crippen LogP contribution in [0.1, 0.15) is 85.0 Å². The molecular weight excluding hydrogens is 530 g/mol. The van der Waals surface area contributed by atoms with Gasteiger partial charge in [0.15, 0.2) is 0 Å². The van der Waals surface area contributed by atoms with Crippen LogP contribution in [-0.2, 0) is 28.9 Å². The second-order valence-corrected chi connectivity index (χ2v) is 14.2. The van der Waals surface area contributed by atoms with E-state index in [1.54, 1.807) is 0 Å². The number of allylic oxidation sites excluding steroid dienone is 1. The van der Waals surface area contributed by atoms with Crippen molar-refractivity contribution < 1.29 is 31.4 Å². The molecule has 8 nitrogen and oxygen atoms in total. The van der Waals surface area contributed by atoms with Gasteiger partial charge in [-0.2, -0.15) is 8.42 Å². The van der Waals surface area contributed by atoms with Crippen molar-refractivity contribution in [2.45, 2.75) is 91.1 Å². The van der Waals surface area contributed by atoms with E-state index in [0.717, 1.165) is 19.3 Å². The number of ether oxygens (including phenoxy) is 2. The molecule has 0 saturated heterocycles. The number of carbonyl (C=O) groups excluding carboxylic acids is 1. The fourth-order valence-electron chi connectivity index (χ4n) is 9.12. The van der Waals surface area contributed by atoms with Crippen LogP contribution in [0.25, 0.3) is 0 Å². The highest BCUT2D eigenvalue weighted by atomic mass is 32.3. The highest BCUT2D eigenvalue weighted by molar-refractivity contribution is 7.80. The minimum Gasteiger partial charge on any atom is -0.377 e. The number of amides is 1. The number of fused-ring (bicyclic) bond motifs is 5. The third-order valence-electron chi connectivity index (χ3n) is 11.0. The lowest BCUT2D eigenvalue weighted by molar-refractivity contribution is -0.121. The van der Waals surface area contributed by atoms with Crippen LogP contribution in [-0.4, -0.2) is 58.0 Å². The fourth-order valence-corrected chi connectivity index (χ4v) is 9.63. The number of nitrogens with one attached hydrogen (secondary N) is 1. The first kappa shape index (κ1) is 31.5. The summed E-state index contributed by atoms with van der Waals surface area (Å²) in [6, 6.07) is 0. The molecule has 0 heterocycles. The number of terminal acetylenes is 1. The second kappa shape index (κ2) is 13.2. The number of hydrogen-bond donors (Lipinski definition) is 2. The fraction of sp³-hybridized carbons (Fsp3) is 0.839. The van der Waals surface area contributed by atoms with E-state index in [4.69, 9.17) is 20.1 Å². The summed E-state index contributed by atoms with van der Waals surface area (Å²) >= 11 is 0. The molecule has 8 atom stereocenters. The van der Waals surface area contributed by atoms with Crippen LogP contribution in [0.15, 0.2) is 11.6 Å². The molecule has 2 N–H and O–H groups in total. The smallest absolute Gasteiger partial charge is 0.377 e. The number of hydrogen-bond acceptors (Lipinski definition) is 6. The first-order valence-corrected chi connectivity index (χ1v) is 16.6. The van der Waals surface area contributed by atoms with Crippen LogP contribution in [0.5, 0.6) is 0 Å². The Morgan fingerprint density at radius 2 is 1.93 bits per heavy atom. The molecule has 3 saturated carbocycles. The van der Waals surface area contributed by atoms with Crippen LogP contribution in [0.3, 0.4) is 0 Å². The molecule has 0 radical (unpaired) electrons. The average Bonchev–Trinajstić information content (AvgIpc) is 3.25. The minimum atomic E-state index is -4.43. The van der Waals surface area contributed by atoms with Gasteiger partial charge in [0.1, 0.15) is 6.61 Å². The molecule has 40 heavy (non-hydrogen) atoms. The second-order valence-electron chi connectivity index (χ2n) is 13.1. The Hall–Kier alpha value is -1.44. The van der Waals surface area contributed by atoms with Gasteiger partial charge in [-0.15, -0.1) is 6.42 Å². The molecule has 226 valence electrons. The molecule has 0 aromatic heterocycles. The van der Waals surface area contributed by atoms with Crippen LogP contribution in [0, 0.1) is 52.8 Å². The molecule has 4 rings (SSSR count). The molecule has 4 aliphatic rings. The van der Waals surface area contributed by atoms with Crippen LogP contribution < -0.4 is 5.32 Å². The predicted octanol–water partition coefficient (Wildman–Crippen LogP) is 4.95. The summed E-state index contributed by atoms with van der Waals surface area (Å²) in [5.74, 6) is 5.60. The van der Waals surface area contributed by atoms with Gasteiger partial charge >= 0.3 is 10.4 Å². The van der Waals surface area contributed by atoms with Crippen molar-refractivity contribution in [3.63, 3.8) is 0 Å². The summed E-state index contributed by atoms with van der Waals surface area (Å²) in [5, 5.41) is 2.98. The highest BCUT2D eigenvalue weighted by Crippen LogP contribution is 2.67. The van der Waals surface area contributed by atoms with Gasteiger partial charge in [0.25, 0.3) is 0 Å². The van der Waals surface area contributed by atoms with Gasteiger partial charge in [0, 0.05) is 13.0 Å². The lowest BCUT2D eigenvalue weighted by Crippen LogP contribution is -2.51. The van der Waals surface area contributed by atoms with Gasteiger partial charge in [0.05, 0.1) is 25.9 Å². The van der Waals surface area contributed by atoms with Crippen LogP contribution in [0.2, 0.25) is 0 Å². The first-order chi connectivity index (χ1) is 19.0. The molecule has 4 aliphatic carbocycles. The molecule has 0 aromatic carbocycles. The maximum atomic E-state index is 12.5. The Labute approximate surface area is 241 Å². The largest absolute Gasteiger partial charge is 0.397 e. The molecule has 9 heteroatoms. The van der Waals surface area contributed by atoms with Crippen molar-refractivity contribution in [2.75, 3.05) is 33.0 Å². The Morgan fingerprint density at radius 1 is 1.15 bits per heavy atom. The van der Waals surface area contributed by atoms with Gasteiger partial charge in [-0.1, -0.05) is 38.3 Å². The van der Waals surface area contributed by atoms with E-state index >= 15 is 0 Å². The molecule has 0 bridgehead atoms. The summed E-state index contributed by atoms with van der Waals surface area (Å²) in [6.45, 7) is 9.43. The maximum Gasteiger partial charge on any atom is 0.397 e. The van der Waals surface area contributed by atoms with E-state index in [9.17, 15) is 17.8 Å². The Morgan fingerprint density at radius 3 is 2.67 bits per heavy atom. The maximum absolute atomic E-state index is 12.5. The normalized spacial score (nSPS) is 36.0. The Bertz CT molecular complexity index is 1070. The summed E-state index contributed by atoms with van der Waals surface area (Å²) in [5.41, 5.74) is 1.72. The zero-order valence-corrected chi connectivity index (χ0v) is 25.3. The molecule has 3 fully saturated rings. The van der Waals surface area contributed by atoms with Crippen LogP contribution >= 0.6 is 0 Å². The number of carbonyl (C=O) groups is 1. The van der Waals surface area contributed by atoms with Gasteiger partial charge in [-0.05, 0) is 98.2 Å². The molecule has 0 aromatic rings. The van der Waals surface area contributed by atoms with Crippen molar-refractivity contribution >= 4 is 16.3 Å². The summed E-state index contributed by atoms with van der Waals surface area (Å²) in [7, 11) is -4.43. The average molecular weight is 580 g/mol. The third-order valence-corrected chi connectivity index (χ3v) is 11.5. The van der Waals surface area contributed by atoms with Crippen molar-refractivity contribution in [1.82, 2.24) is 5.32 Å². The molecule has 0 spiro atoms. The highest BCUT2D eigenvalue weighted by Gasteiger charge is 2.59. The van der Waals surface area contributed by atoms with E-state index in [0.29, 0.717) is 80.6 Å². The third kappa shape index (κ3) is 7.12. The molecule has 0 aliphatic heterocycles. The first-order valence-electron chi connectivity index (χ1n) is 15.2. The SMILES string of the molecule is C#CCOCCOCCNC(=O)CCC(C)C1CCC2C3CC=C4CC(OS(=O)(=O)O)CCC4(C)C3CCC12C. The topological polar surface area (TPSA) is 111 Å². The van der Waals surface area contributed by atoms with Crippen molar-refractivity contribution in [3.8, 4) is 12.3 Å². The molecular formula is C31H49NO7S. The zero-order valence-electron chi connectivity index (χ0n) is 24.5.